The summed E-state index contributed by atoms with van der Waals surface area (Å²) < 4.78 is 1.49. The van der Waals surface area contributed by atoms with Gasteiger partial charge in [0.15, 0.2) is 5.82 Å². The summed E-state index contributed by atoms with van der Waals surface area (Å²) in [4.78, 5) is 11.9. The van der Waals surface area contributed by atoms with Crippen LogP contribution in [-0.2, 0) is 10.2 Å². The first-order valence-electron chi connectivity index (χ1n) is 7.98. The fourth-order valence-electron chi connectivity index (χ4n) is 2.72. The molecule has 3 N–H and O–H groups in total. The van der Waals surface area contributed by atoms with E-state index in [2.05, 4.69) is 15.5 Å². The van der Waals surface area contributed by atoms with Crippen LogP contribution in [0.1, 0.15) is 58.7 Å². The Balaban J connectivity index is 1.77. The summed E-state index contributed by atoms with van der Waals surface area (Å²) >= 11 is 1.33. The highest BCUT2D eigenvalue weighted by Crippen LogP contribution is 2.24. The maximum absolute atomic E-state index is 11.9. The number of nitrogen functional groups attached to an aromatic ring is 1. The van der Waals surface area contributed by atoms with Gasteiger partial charge in [-0.2, -0.15) is 0 Å². The summed E-state index contributed by atoms with van der Waals surface area (Å²) in [6, 6.07) is 0. The predicted octanol–water partition coefficient (Wildman–Crippen LogP) is 2.08. The molecule has 124 valence electrons. The predicted molar refractivity (Wildman–Crippen MR) is 89.2 cm³/mol. The van der Waals surface area contributed by atoms with Gasteiger partial charge in [0.2, 0.25) is 11.1 Å². The molecule has 1 amide bonds. The van der Waals surface area contributed by atoms with E-state index in [1.54, 1.807) is 0 Å². The minimum Gasteiger partial charge on any atom is -0.355 e. The molecule has 1 saturated carbocycles. The standard InChI is InChI=1S/C15H27N5OS/c1-15(2,3)13-18-19-14(20(13)16)22-10-12(21)17-9-11-7-5-4-6-8-11/h11H,4-10,16H2,1-3H3,(H,17,21). The lowest BCUT2D eigenvalue weighted by atomic mass is 9.89. The molecule has 7 heteroatoms. The molecule has 0 unspecified atom stereocenters. The highest BCUT2D eigenvalue weighted by Gasteiger charge is 2.23. The first-order valence-corrected chi connectivity index (χ1v) is 8.97. The van der Waals surface area contributed by atoms with E-state index < -0.39 is 0 Å². The van der Waals surface area contributed by atoms with Crippen LogP contribution in [0.15, 0.2) is 5.16 Å². The van der Waals surface area contributed by atoms with Crippen LogP contribution >= 0.6 is 11.8 Å². The summed E-state index contributed by atoms with van der Waals surface area (Å²) in [5.74, 6) is 7.74. The van der Waals surface area contributed by atoms with Gasteiger partial charge in [0, 0.05) is 12.0 Å². The smallest absolute Gasteiger partial charge is 0.230 e. The van der Waals surface area contributed by atoms with E-state index in [0.717, 1.165) is 12.4 Å². The second-order valence-corrected chi connectivity index (χ2v) is 7.97. The number of carbonyl (C=O) groups is 1. The Morgan fingerprint density at radius 1 is 1.32 bits per heavy atom. The van der Waals surface area contributed by atoms with Crippen LogP contribution in [0.2, 0.25) is 0 Å². The molecule has 0 aliphatic heterocycles. The molecule has 1 aromatic rings. The van der Waals surface area contributed by atoms with Crippen LogP contribution in [0.25, 0.3) is 0 Å². The number of hydrogen-bond acceptors (Lipinski definition) is 5. The fraction of sp³-hybridized carbons (Fsp3) is 0.800. The molecule has 0 radical (unpaired) electrons. The molecule has 1 heterocycles. The summed E-state index contributed by atoms with van der Waals surface area (Å²) in [6.45, 7) is 6.89. The van der Waals surface area contributed by atoms with Crippen molar-refractivity contribution < 1.29 is 4.79 Å². The summed E-state index contributed by atoms with van der Waals surface area (Å²) in [5, 5.41) is 11.8. The number of aromatic nitrogens is 3. The third-order valence-corrected chi connectivity index (χ3v) is 4.92. The van der Waals surface area contributed by atoms with Gasteiger partial charge >= 0.3 is 0 Å². The van der Waals surface area contributed by atoms with Crippen molar-refractivity contribution in [3.05, 3.63) is 5.82 Å². The van der Waals surface area contributed by atoms with Crippen molar-refractivity contribution >= 4 is 17.7 Å². The quantitative estimate of drug-likeness (QED) is 0.639. The zero-order chi connectivity index (χ0) is 16.2. The van der Waals surface area contributed by atoms with Crippen LogP contribution in [0.4, 0.5) is 0 Å². The van der Waals surface area contributed by atoms with Crippen molar-refractivity contribution in [1.29, 1.82) is 0 Å². The monoisotopic (exact) mass is 325 g/mol. The molecule has 0 bridgehead atoms. The first kappa shape index (κ1) is 17.1. The maximum Gasteiger partial charge on any atom is 0.230 e. The number of rotatable bonds is 5. The van der Waals surface area contributed by atoms with E-state index in [9.17, 15) is 4.79 Å². The second kappa shape index (κ2) is 7.35. The van der Waals surface area contributed by atoms with Gasteiger partial charge in [-0.1, -0.05) is 51.8 Å². The molecule has 0 spiro atoms. The van der Waals surface area contributed by atoms with E-state index in [-0.39, 0.29) is 11.3 Å². The highest BCUT2D eigenvalue weighted by molar-refractivity contribution is 7.99. The summed E-state index contributed by atoms with van der Waals surface area (Å²) in [6.07, 6.45) is 6.39. The lowest BCUT2D eigenvalue weighted by Gasteiger charge is -2.21. The molecule has 1 aromatic heterocycles. The van der Waals surface area contributed by atoms with Gasteiger partial charge in [0.25, 0.3) is 0 Å². The SMILES string of the molecule is CC(C)(C)c1nnc(SCC(=O)NCC2CCCCC2)n1N. The van der Waals surface area contributed by atoms with Gasteiger partial charge in [-0.25, -0.2) is 4.68 Å². The van der Waals surface area contributed by atoms with Crippen molar-refractivity contribution in [2.24, 2.45) is 5.92 Å². The molecular weight excluding hydrogens is 298 g/mol. The minimum atomic E-state index is -0.163. The van der Waals surface area contributed by atoms with Crippen molar-refractivity contribution in [2.45, 2.75) is 63.4 Å². The van der Waals surface area contributed by atoms with Gasteiger partial charge in [0.05, 0.1) is 5.75 Å². The highest BCUT2D eigenvalue weighted by atomic mass is 32.2. The second-order valence-electron chi connectivity index (χ2n) is 7.02. The molecule has 1 fully saturated rings. The van der Waals surface area contributed by atoms with Gasteiger partial charge in [-0.3, -0.25) is 4.79 Å². The lowest BCUT2D eigenvalue weighted by Crippen LogP contribution is -2.31. The third kappa shape index (κ3) is 4.63. The topological polar surface area (TPSA) is 85.8 Å². The molecule has 6 nitrogen and oxygen atoms in total. The average Bonchev–Trinajstić information content (AvgIpc) is 2.85. The minimum absolute atomic E-state index is 0.0379. The number of hydrogen-bond donors (Lipinski definition) is 2. The Morgan fingerprint density at radius 2 is 2.00 bits per heavy atom. The van der Waals surface area contributed by atoms with E-state index >= 15 is 0 Å². The third-order valence-electron chi connectivity index (χ3n) is 3.98. The Bertz CT molecular complexity index is 503. The number of nitrogens with zero attached hydrogens (tertiary/aromatic N) is 3. The van der Waals surface area contributed by atoms with Gasteiger partial charge in [0.1, 0.15) is 0 Å². The molecule has 2 rings (SSSR count). The van der Waals surface area contributed by atoms with Crippen LogP contribution < -0.4 is 11.2 Å². The van der Waals surface area contributed by atoms with Crippen LogP contribution in [0.3, 0.4) is 0 Å². The first-order chi connectivity index (χ1) is 10.4. The largest absolute Gasteiger partial charge is 0.355 e. The van der Waals surface area contributed by atoms with Gasteiger partial charge < -0.3 is 11.2 Å². The van der Waals surface area contributed by atoms with Crippen molar-refractivity contribution in [2.75, 3.05) is 18.1 Å². The van der Waals surface area contributed by atoms with Crippen LogP contribution in [0.5, 0.6) is 0 Å². The Morgan fingerprint density at radius 3 is 2.59 bits per heavy atom. The van der Waals surface area contributed by atoms with E-state index in [0.29, 0.717) is 16.8 Å². The number of carbonyl (C=O) groups excluding carboxylic acids is 1. The molecule has 1 aliphatic rings. The number of thioether (sulfide) groups is 1. The summed E-state index contributed by atoms with van der Waals surface area (Å²) in [7, 11) is 0. The van der Waals surface area contributed by atoms with Crippen molar-refractivity contribution in [1.82, 2.24) is 20.2 Å². The van der Waals surface area contributed by atoms with Crippen molar-refractivity contribution in [3.63, 3.8) is 0 Å². The normalized spacial score (nSPS) is 16.7. The molecule has 1 aliphatic carbocycles. The Kier molecular flexibility index (Phi) is 5.72. The number of nitrogens with one attached hydrogen (secondary N) is 1. The zero-order valence-corrected chi connectivity index (χ0v) is 14.6. The number of amides is 1. The molecule has 22 heavy (non-hydrogen) atoms. The fourth-order valence-corrected chi connectivity index (χ4v) is 3.40. The van der Waals surface area contributed by atoms with Gasteiger partial charge in [-0.15, -0.1) is 10.2 Å². The molecule has 0 aromatic carbocycles. The van der Waals surface area contributed by atoms with Gasteiger partial charge in [-0.05, 0) is 18.8 Å². The molecule has 0 saturated heterocycles. The van der Waals surface area contributed by atoms with Crippen LogP contribution in [-0.4, -0.2) is 33.1 Å². The zero-order valence-electron chi connectivity index (χ0n) is 13.8. The molecular formula is C15H27N5OS. The van der Waals surface area contributed by atoms with Crippen LogP contribution in [0, 0.1) is 5.92 Å². The molecule has 0 atom stereocenters. The van der Waals surface area contributed by atoms with E-state index in [1.165, 1.54) is 48.5 Å². The van der Waals surface area contributed by atoms with E-state index in [4.69, 9.17) is 5.84 Å². The Hall–Kier alpha value is -1.24. The van der Waals surface area contributed by atoms with Crippen molar-refractivity contribution in [3.8, 4) is 0 Å². The Labute approximate surface area is 136 Å². The van der Waals surface area contributed by atoms with E-state index in [1.807, 2.05) is 20.8 Å². The number of nitrogens with two attached hydrogens (primary N) is 1. The lowest BCUT2D eigenvalue weighted by molar-refractivity contribution is -0.118. The average molecular weight is 325 g/mol. The maximum atomic E-state index is 11.9. The summed E-state index contributed by atoms with van der Waals surface area (Å²) in [5.41, 5.74) is -0.163.